The fourth-order valence-corrected chi connectivity index (χ4v) is 3.21. The van der Waals surface area contributed by atoms with Crippen molar-refractivity contribution in [1.29, 1.82) is 0 Å². The molecule has 2 heterocycles. The topological polar surface area (TPSA) is 107 Å². The Morgan fingerprint density at radius 1 is 0.971 bits per heavy atom. The molecule has 4 rings (SSSR count). The predicted octanol–water partition coefficient (Wildman–Crippen LogP) is 4.07. The van der Waals surface area contributed by atoms with Crippen LogP contribution >= 0.6 is 0 Å². The molecule has 13 heteroatoms. The van der Waals surface area contributed by atoms with E-state index in [1.165, 1.54) is 53.7 Å². The van der Waals surface area contributed by atoms with Crippen molar-refractivity contribution in [3.8, 4) is 5.69 Å². The Bertz CT molecular complexity index is 1350. The summed E-state index contributed by atoms with van der Waals surface area (Å²) in [5.41, 5.74) is -2.07. The highest BCUT2D eigenvalue weighted by atomic mass is 19.4. The SMILES string of the molecule is CC(C(=O)Nc1ccc(NC(=O)c2cnn(-c3ccccc3F)c2C(F)(F)F)cc1)n1cncn1. The molecule has 0 saturated carbocycles. The number of hydrogen-bond donors (Lipinski definition) is 2. The van der Waals surface area contributed by atoms with Gasteiger partial charge in [0.15, 0.2) is 5.69 Å². The molecule has 0 spiro atoms. The van der Waals surface area contributed by atoms with Crippen LogP contribution in [0.4, 0.5) is 28.9 Å². The fourth-order valence-electron chi connectivity index (χ4n) is 3.21. The third-order valence-electron chi connectivity index (χ3n) is 4.99. The third kappa shape index (κ3) is 5.03. The Hall–Kier alpha value is -4.55. The first-order valence-corrected chi connectivity index (χ1v) is 10.1. The molecule has 0 radical (unpaired) electrons. The molecule has 0 bridgehead atoms. The summed E-state index contributed by atoms with van der Waals surface area (Å²) in [6, 6.07) is 9.90. The molecule has 0 saturated heterocycles. The summed E-state index contributed by atoms with van der Waals surface area (Å²) in [4.78, 5) is 28.8. The number of nitrogens with one attached hydrogen (secondary N) is 2. The molecule has 180 valence electrons. The van der Waals surface area contributed by atoms with Crippen LogP contribution in [0.3, 0.4) is 0 Å². The lowest BCUT2D eigenvalue weighted by Gasteiger charge is -2.14. The van der Waals surface area contributed by atoms with Crippen LogP contribution in [0.15, 0.2) is 67.4 Å². The highest BCUT2D eigenvalue weighted by molar-refractivity contribution is 6.05. The van der Waals surface area contributed by atoms with Crippen LogP contribution in [0.2, 0.25) is 0 Å². The largest absolute Gasteiger partial charge is 0.434 e. The Morgan fingerprint density at radius 2 is 1.63 bits per heavy atom. The summed E-state index contributed by atoms with van der Waals surface area (Å²) in [5.74, 6) is -2.39. The average molecular weight is 487 g/mol. The number of carbonyl (C=O) groups excluding carboxylic acids is 2. The molecule has 0 aliphatic rings. The van der Waals surface area contributed by atoms with Gasteiger partial charge >= 0.3 is 6.18 Å². The van der Waals surface area contributed by atoms with Crippen LogP contribution in [0, 0.1) is 5.82 Å². The van der Waals surface area contributed by atoms with Crippen molar-refractivity contribution in [3.05, 3.63) is 84.5 Å². The second kappa shape index (κ2) is 9.37. The van der Waals surface area contributed by atoms with Gasteiger partial charge in [-0.15, -0.1) is 0 Å². The molecule has 1 atom stereocenters. The van der Waals surface area contributed by atoms with Gasteiger partial charge in [0.1, 0.15) is 30.2 Å². The maximum atomic E-state index is 14.1. The Labute approximate surface area is 195 Å². The van der Waals surface area contributed by atoms with Crippen molar-refractivity contribution in [2.24, 2.45) is 0 Å². The van der Waals surface area contributed by atoms with E-state index in [0.717, 1.165) is 18.3 Å². The van der Waals surface area contributed by atoms with Gasteiger partial charge in [0.05, 0.1) is 11.8 Å². The monoisotopic (exact) mass is 487 g/mol. The lowest BCUT2D eigenvalue weighted by molar-refractivity contribution is -0.143. The summed E-state index contributed by atoms with van der Waals surface area (Å²) in [7, 11) is 0. The van der Waals surface area contributed by atoms with Gasteiger partial charge in [-0.1, -0.05) is 12.1 Å². The number of hydrogen-bond acceptors (Lipinski definition) is 5. The molecule has 35 heavy (non-hydrogen) atoms. The van der Waals surface area contributed by atoms with Gasteiger partial charge in [-0.05, 0) is 43.3 Å². The number of nitrogens with zero attached hydrogens (tertiary/aromatic N) is 5. The van der Waals surface area contributed by atoms with Crippen LogP contribution in [-0.2, 0) is 11.0 Å². The Morgan fingerprint density at radius 3 is 2.23 bits per heavy atom. The molecule has 1 unspecified atom stereocenters. The number of benzene rings is 2. The molecule has 0 fully saturated rings. The van der Waals surface area contributed by atoms with Gasteiger partial charge in [0.2, 0.25) is 5.91 Å². The fraction of sp³-hybridized carbons (Fsp3) is 0.136. The van der Waals surface area contributed by atoms with E-state index in [2.05, 4.69) is 25.8 Å². The van der Waals surface area contributed by atoms with Crippen LogP contribution in [0.5, 0.6) is 0 Å². The van der Waals surface area contributed by atoms with Crippen LogP contribution in [0.1, 0.15) is 29.0 Å². The van der Waals surface area contributed by atoms with E-state index in [-0.39, 0.29) is 11.6 Å². The molecular weight excluding hydrogens is 470 g/mol. The van der Waals surface area contributed by atoms with E-state index < -0.39 is 40.9 Å². The number of aromatic nitrogens is 5. The first kappa shape index (κ1) is 23.6. The normalized spacial score (nSPS) is 12.3. The maximum absolute atomic E-state index is 14.1. The smallest absolute Gasteiger partial charge is 0.324 e. The first-order chi connectivity index (χ1) is 16.6. The zero-order chi connectivity index (χ0) is 25.2. The molecular formula is C22H17F4N7O2. The minimum Gasteiger partial charge on any atom is -0.324 e. The lowest BCUT2D eigenvalue weighted by atomic mass is 10.2. The molecule has 0 aliphatic carbocycles. The van der Waals surface area contributed by atoms with Crippen molar-refractivity contribution < 1.29 is 27.2 Å². The number of para-hydroxylation sites is 1. The highest BCUT2D eigenvalue weighted by Crippen LogP contribution is 2.34. The Kier molecular flexibility index (Phi) is 6.32. The zero-order valence-electron chi connectivity index (χ0n) is 18.0. The molecule has 4 aromatic rings. The van der Waals surface area contributed by atoms with E-state index in [0.29, 0.717) is 10.4 Å². The first-order valence-electron chi connectivity index (χ1n) is 10.1. The summed E-state index contributed by atoms with van der Waals surface area (Å²) < 4.78 is 57.2. The molecule has 2 amide bonds. The number of alkyl halides is 3. The number of rotatable bonds is 6. The summed E-state index contributed by atoms with van der Waals surface area (Å²) >= 11 is 0. The van der Waals surface area contributed by atoms with Gasteiger partial charge in [-0.25, -0.2) is 18.7 Å². The highest BCUT2D eigenvalue weighted by Gasteiger charge is 2.41. The van der Waals surface area contributed by atoms with Gasteiger partial charge in [-0.3, -0.25) is 9.59 Å². The number of anilines is 2. The van der Waals surface area contributed by atoms with E-state index >= 15 is 0 Å². The predicted molar refractivity (Wildman–Crippen MR) is 116 cm³/mol. The van der Waals surface area contributed by atoms with Crippen LogP contribution < -0.4 is 10.6 Å². The molecule has 9 nitrogen and oxygen atoms in total. The third-order valence-corrected chi connectivity index (χ3v) is 4.99. The van der Waals surface area contributed by atoms with Gasteiger partial charge in [-0.2, -0.15) is 23.4 Å². The van der Waals surface area contributed by atoms with Crippen molar-refractivity contribution >= 4 is 23.2 Å². The van der Waals surface area contributed by atoms with Gasteiger partial charge in [0, 0.05) is 11.4 Å². The van der Waals surface area contributed by atoms with Crippen molar-refractivity contribution in [2.75, 3.05) is 10.6 Å². The van der Waals surface area contributed by atoms with Crippen molar-refractivity contribution in [3.63, 3.8) is 0 Å². The van der Waals surface area contributed by atoms with Gasteiger partial charge < -0.3 is 10.6 Å². The molecule has 2 aromatic heterocycles. The number of amides is 2. The minimum absolute atomic E-state index is 0.170. The number of carbonyl (C=O) groups is 2. The van der Waals surface area contributed by atoms with E-state index in [4.69, 9.17) is 0 Å². The van der Waals surface area contributed by atoms with Crippen LogP contribution in [-0.4, -0.2) is 36.4 Å². The second-order valence-corrected chi connectivity index (χ2v) is 7.34. The number of halogens is 4. The molecule has 0 aliphatic heterocycles. The summed E-state index contributed by atoms with van der Waals surface area (Å²) in [5, 5.41) is 12.5. The molecule has 2 N–H and O–H groups in total. The van der Waals surface area contributed by atoms with Crippen LogP contribution in [0.25, 0.3) is 5.69 Å². The minimum atomic E-state index is -4.99. The Balaban J connectivity index is 1.51. The van der Waals surface area contributed by atoms with E-state index in [1.807, 2.05) is 0 Å². The second-order valence-electron chi connectivity index (χ2n) is 7.34. The quantitative estimate of drug-likeness (QED) is 0.399. The van der Waals surface area contributed by atoms with Crippen molar-refractivity contribution in [2.45, 2.75) is 19.1 Å². The van der Waals surface area contributed by atoms with E-state index in [9.17, 15) is 27.2 Å². The zero-order valence-corrected chi connectivity index (χ0v) is 18.0. The van der Waals surface area contributed by atoms with Crippen molar-refractivity contribution in [1.82, 2.24) is 24.5 Å². The lowest BCUT2D eigenvalue weighted by Crippen LogP contribution is -2.24. The standard InChI is InChI=1S/C22H17F4N7O2/c1-13(32-12-27-11-29-32)20(34)30-14-6-8-15(9-7-14)31-21(35)16-10-28-33(19(16)22(24,25)26)18-5-3-2-4-17(18)23/h2-13H,1H3,(H,30,34)(H,31,35). The summed E-state index contributed by atoms with van der Waals surface area (Å²) in [6.07, 6.45) is -1.57. The van der Waals surface area contributed by atoms with E-state index in [1.54, 1.807) is 6.92 Å². The summed E-state index contributed by atoms with van der Waals surface area (Å²) in [6.45, 7) is 1.62. The molecule has 2 aromatic carbocycles. The van der Waals surface area contributed by atoms with Gasteiger partial charge in [0.25, 0.3) is 5.91 Å². The maximum Gasteiger partial charge on any atom is 0.434 e. The average Bonchev–Trinajstić information content (AvgIpc) is 3.50.